The minimum Gasteiger partial charge on any atom is -0.113 e. The summed E-state index contributed by atoms with van der Waals surface area (Å²) in [5.41, 5.74) is 6.28. The van der Waals surface area contributed by atoms with Crippen LogP contribution >= 0.6 is 11.6 Å². The topological polar surface area (TPSA) is 0 Å². The molecule has 0 bridgehead atoms. The van der Waals surface area contributed by atoms with Crippen LogP contribution < -0.4 is 0 Å². The first-order valence-corrected chi connectivity index (χ1v) is 7.77. The zero-order valence-electron chi connectivity index (χ0n) is 12.8. The smallest absolute Gasteiger partial charge is 0.0838 e. The molecule has 0 nitrogen and oxygen atoms in total. The Hall–Kier alpha value is -1.27. The van der Waals surface area contributed by atoms with E-state index in [0.29, 0.717) is 5.92 Å². The molecule has 0 aromatic heterocycles. The van der Waals surface area contributed by atoms with Gasteiger partial charge in [-0.25, -0.2) is 0 Å². The third-order valence-corrected chi connectivity index (χ3v) is 4.61. The van der Waals surface area contributed by atoms with Crippen molar-refractivity contribution in [3.05, 3.63) is 70.3 Å². The highest BCUT2D eigenvalue weighted by Crippen LogP contribution is 2.32. The van der Waals surface area contributed by atoms with E-state index in [1.807, 2.05) is 0 Å². The maximum absolute atomic E-state index is 6.67. The van der Waals surface area contributed by atoms with Gasteiger partial charge in [-0.1, -0.05) is 61.9 Å². The van der Waals surface area contributed by atoms with Crippen LogP contribution in [0, 0.1) is 13.8 Å². The van der Waals surface area contributed by atoms with Crippen LogP contribution in [0.4, 0.5) is 0 Å². The van der Waals surface area contributed by atoms with Crippen molar-refractivity contribution in [3.8, 4) is 0 Å². The van der Waals surface area contributed by atoms with Gasteiger partial charge in [-0.3, -0.25) is 0 Å². The Morgan fingerprint density at radius 2 is 1.55 bits per heavy atom. The Morgan fingerprint density at radius 1 is 0.950 bits per heavy atom. The van der Waals surface area contributed by atoms with E-state index in [4.69, 9.17) is 11.6 Å². The maximum Gasteiger partial charge on any atom is 0.0838 e. The largest absolute Gasteiger partial charge is 0.113 e. The standard InChI is InChI=1S/C19H23Cl/c1-5-14(3)16-8-10-17(11-9-16)19(20)18-12-13(2)6-7-15(18)4/h6-12,14,19H,5H2,1-4H3. The monoisotopic (exact) mass is 286 g/mol. The lowest BCUT2D eigenvalue weighted by atomic mass is 9.94. The molecule has 0 heterocycles. The lowest BCUT2D eigenvalue weighted by Crippen LogP contribution is -1.98. The number of hydrogen-bond acceptors (Lipinski definition) is 0. The second kappa shape index (κ2) is 6.45. The SMILES string of the molecule is CCC(C)c1ccc(C(Cl)c2cc(C)ccc2C)cc1. The van der Waals surface area contributed by atoms with Crippen LogP contribution in [0.3, 0.4) is 0 Å². The lowest BCUT2D eigenvalue weighted by Gasteiger charge is -2.16. The minimum atomic E-state index is -0.0686. The summed E-state index contributed by atoms with van der Waals surface area (Å²) in [5, 5.41) is -0.0686. The highest BCUT2D eigenvalue weighted by molar-refractivity contribution is 6.22. The van der Waals surface area contributed by atoms with Crippen molar-refractivity contribution in [3.63, 3.8) is 0 Å². The Labute approximate surface area is 127 Å². The van der Waals surface area contributed by atoms with Crippen LogP contribution in [-0.2, 0) is 0 Å². The summed E-state index contributed by atoms with van der Waals surface area (Å²) < 4.78 is 0. The summed E-state index contributed by atoms with van der Waals surface area (Å²) in [6, 6.07) is 15.2. The molecular formula is C19H23Cl. The molecule has 106 valence electrons. The molecule has 0 amide bonds. The molecule has 0 aliphatic heterocycles. The molecule has 0 saturated heterocycles. The lowest BCUT2D eigenvalue weighted by molar-refractivity contribution is 0.733. The van der Waals surface area contributed by atoms with Gasteiger partial charge in [-0.15, -0.1) is 11.6 Å². The molecule has 1 heteroatoms. The van der Waals surface area contributed by atoms with Crippen LogP contribution in [0.25, 0.3) is 0 Å². The van der Waals surface area contributed by atoms with Crippen molar-refractivity contribution in [2.45, 2.75) is 45.4 Å². The summed E-state index contributed by atoms with van der Waals surface area (Å²) >= 11 is 6.67. The Kier molecular flexibility index (Phi) is 4.88. The second-order valence-corrected chi connectivity index (χ2v) is 6.13. The van der Waals surface area contributed by atoms with Gasteiger partial charge in [0, 0.05) is 0 Å². The molecule has 2 aromatic carbocycles. The Bertz CT molecular complexity index is 569. The van der Waals surface area contributed by atoms with Crippen molar-refractivity contribution in [1.29, 1.82) is 0 Å². The molecule has 2 atom stereocenters. The van der Waals surface area contributed by atoms with Crippen molar-refractivity contribution in [2.24, 2.45) is 0 Å². The molecule has 0 radical (unpaired) electrons. The van der Waals surface area contributed by atoms with Gasteiger partial charge in [0.05, 0.1) is 5.38 Å². The summed E-state index contributed by atoms with van der Waals surface area (Å²) in [6.07, 6.45) is 1.17. The fraction of sp³-hybridized carbons (Fsp3) is 0.368. The Balaban J connectivity index is 2.29. The van der Waals surface area contributed by atoms with Gasteiger partial charge in [0.1, 0.15) is 0 Å². The minimum absolute atomic E-state index is 0.0686. The first-order chi connectivity index (χ1) is 9.52. The number of alkyl halides is 1. The van der Waals surface area contributed by atoms with Crippen molar-refractivity contribution >= 4 is 11.6 Å². The average Bonchev–Trinajstić information content (AvgIpc) is 2.48. The van der Waals surface area contributed by atoms with Crippen molar-refractivity contribution in [2.75, 3.05) is 0 Å². The molecule has 0 fully saturated rings. The van der Waals surface area contributed by atoms with E-state index in [-0.39, 0.29) is 5.38 Å². The zero-order chi connectivity index (χ0) is 14.7. The van der Waals surface area contributed by atoms with Gasteiger partial charge < -0.3 is 0 Å². The summed E-state index contributed by atoms with van der Waals surface area (Å²) in [6.45, 7) is 8.72. The van der Waals surface area contributed by atoms with Crippen LogP contribution in [0.1, 0.15) is 59.4 Å². The number of rotatable bonds is 4. The normalized spacial score (nSPS) is 14.1. The third kappa shape index (κ3) is 3.24. The van der Waals surface area contributed by atoms with E-state index in [9.17, 15) is 0 Å². The second-order valence-electron chi connectivity index (χ2n) is 5.70. The van der Waals surface area contributed by atoms with Gasteiger partial charge in [0.15, 0.2) is 0 Å². The molecule has 0 aliphatic carbocycles. The quantitative estimate of drug-likeness (QED) is 0.592. The van der Waals surface area contributed by atoms with E-state index in [0.717, 1.165) is 0 Å². The fourth-order valence-electron chi connectivity index (χ4n) is 2.44. The molecular weight excluding hydrogens is 264 g/mol. The summed E-state index contributed by atoms with van der Waals surface area (Å²) in [7, 11) is 0. The summed E-state index contributed by atoms with van der Waals surface area (Å²) in [5.74, 6) is 0.610. The third-order valence-electron chi connectivity index (χ3n) is 4.12. The number of halogens is 1. The molecule has 0 aliphatic rings. The molecule has 0 spiro atoms. The van der Waals surface area contributed by atoms with Crippen LogP contribution in [0.2, 0.25) is 0 Å². The summed E-state index contributed by atoms with van der Waals surface area (Å²) in [4.78, 5) is 0. The van der Waals surface area contributed by atoms with E-state index >= 15 is 0 Å². The van der Waals surface area contributed by atoms with Gasteiger partial charge in [0.25, 0.3) is 0 Å². The molecule has 0 N–H and O–H groups in total. The van der Waals surface area contributed by atoms with Crippen molar-refractivity contribution in [1.82, 2.24) is 0 Å². The van der Waals surface area contributed by atoms with Gasteiger partial charge in [-0.05, 0) is 48.4 Å². The van der Waals surface area contributed by atoms with E-state index < -0.39 is 0 Å². The molecule has 2 aromatic rings. The predicted octanol–water partition coefficient (Wildman–Crippen LogP) is 6.15. The predicted molar refractivity (Wildman–Crippen MR) is 88.8 cm³/mol. The first kappa shape index (κ1) is 15.1. The zero-order valence-corrected chi connectivity index (χ0v) is 13.5. The molecule has 2 rings (SSSR count). The number of hydrogen-bond donors (Lipinski definition) is 0. The van der Waals surface area contributed by atoms with Crippen LogP contribution in [0.15, 0.2) is 42.5 Å². The first-order valence-electron chi connectivity index (χ1n) is 7.34. The highest BCUT2D eigenvalue weighted by atomic mass is 35.5. The molecule has 20 heavy (non-hydrogen) atoms. The van der Waals surface area contributed by atoms with E-state index in [2.05, 4.69) is 70.2 Å². The fourth-order valence-corrected chi connectivity index (χ4v) is 2.82. The van der Waals surface area contributed by atoms with Crippen molar-refractivity contribution < 1.29 is 0 Å². The maximum atomic E-state index is 6.67. The number of aryl methyl sites for hydroxylation is 2. The number of benzene rings is 2. The van der Waals surface area contributed by atoms with Crippen LogP contribution in [-0.4, -0.2) is 0 Å². The van der Waals surface area contributed by atoms with E-state index in [1.54, 1.807) is 0 Å². The molecule has 2 unspecified atom stereocenters. The highest BCUT2D eigenvalue weighted by Gasteiger charge is 2.14. The van der Waals surface area contributed by atoms with E-state index in [1.165, 1.54) is 34.2 Å². The average molecular weight is 287 g/mol. The van der Waals surface area contributed by atoms with Gasteiger partial charge in [0.2, 0.25) is 0 Å². The van der Waals surface area contributed by atoms with Crippen LogP contribution in [0.5, 0.6) is 0 Å². The van der Waals surface area contributed by atoms with Gasteiger partial charge in [-0.2, -0.15) is 0 Å². The Morgan fingerprint density at radius 3 is 2.15 bits per heavy atom. The molecule has 0 saturated carbocycles. The van der Waals surface area contributed by atoms with Gasteiger partial charge >= 0.3 is 0 Å².